The molecule has 0 bridgehead atoms. The molecule has 3 aromatic rings. The summed E-state index contributed by atoms with van der Waals surface area (Å²) in [6, 6.07) is 10.5. The van der Waals surface area contributed by atoms with Gasteiger partial charge in [-0.15, -0.1) is 0 Å². The van der Waals surface area contributed by atoms with Gasteiger partial charge in [0.25, 0.3) is 11.5 Å². The highest BCUT2D eigenvalue weighted by Crippen LogP contribution is 2.21. The molecule has 0 radical (unpaired) electrons. The van der Waals surface area contributed by atoms with Gasteiger partial charge < -0.3 is 10.1 Å². The van der Waals surface area contributed by atoms with Crippen LogP contribution in [-0.2, 0) is 4.74 Å². The van der Waals surface area contributed by atoms with Crippen molar-refractivity contribution in [2.75, 3.05) is 13.7 Å². The Morgan fingerprint density at radius 1 is 1.33 bits per heavy atom. The third-order valence-electron chi connectivity index (χ3n) is 4.79. The van der Waals surface area contributed by atoms with Crippen LogP contribution >= 0.6 is 0 Å². The van der Waals surface area contributed by atoms with Crippen molar-refractivity contribution in [3.8, 4) is 23.0 Å². The van der Waals surface area contributed by atoms with E-state index in [1.54, 1.807) is 43.6 Å². The van der Waals surface area contributed by atoms with Gasteiger partial charge in [0.2, 0.25) is 0 Å². The van der Waals surface area contributed by atoms with Crippen molar-refractivity contribution >= 4 is 5.91 Å². The van der Waals surface area contributed by atoms with Gasteiger partial charge in [0.1, 0.15) is 0 Å². The van der Waals surface area contributed by atoms with Crippen molar-refractivity contribution in [2.45, 2.75) is 26.3 Å². The molecule has 1 aromatic carbocycles. The fourth-order valence-electron chi connectivity index (χ4n) is 3.10. The first-order valence-corrected chi connectivity index (χ1v) is 9.52. The average Bonchev–Trinajstić information content (AvgIpc) is 3.13. The standard InChI is InChI=1S/C22H23N5O3/c1-14-10-16(11-23)4-6-18(14)19-13-25-27(22(19)29)20-7-5-17(12-24-20)21(28)26-15(2)8-9-30-3/h4-7,10,12-13,15,25H,8-9H2,1-3H3,(H,26,28)/t15-/m0/s1. The Morgan fingerprint density at radius 3 is 2.77 bits per heavy atom. The van der Waals surface area contributed by atoms with Crippen molar-refractivity contribution in [2.24, 2.45) is 0 Å². The van der Waals surface area contributed by atoms with Crippen LogP contribution in [0.15, 0.2) is 47.5 Å². The maximum absolute atomic E-state index is 12.9. The molecule has 154 valence electrons. The number of H-pyrrole nitrogens is 1. The third kappa shape index (κ3) is 4.47. The molecule has 2 N–H and O–H groups in total. The largest absolute Gasteiger partial charge is 0.385 e. The van der Waals surface area contributed by atoms with Gasteiger partial charge in [-0.1, -0.05) is 6.07 Å². The van der Waals surface area contributed by atoms with E-state index in [9.17, 15) is 9.59 Å². The van der Waals surface area contributed by atoms with Crippen LogP contribution in [-0.4, -0.2) is 40.4 Å². The van der Waals surface area contributed by atoms with E-state index in [2.05, 4.69) is 21.5 Å². The van der Waals surface area contributed by atoms with E-state index in [4.69, 9.17) is 10.00 Å². The normalized spacial score (nSPS) is 11.7. The number of hydrogen-bond acceptors (Lipinski definition) is 5. The minimum atomic E-state index is -0.263. The maximum atomic E-state index is 12.9. The molecule has 0 saturated carbocycles. The number of methoxy groups -OCH3 is 1. The predicted octanol–water partition coefficient (Wildman–Crippen LogP) is 2.56. The second-order valence-electron chi connectivity index (χ2n) is 7.03. The minimum absolute atomic E-state index is 0.0265. The smallest absolute Gasteiger partial charge is 0.280 e. The van der Waals surface area contributed by atoms with E-state index < -0.39 is 0 Å². The van der Waals surface area contributed by atoms with Crippen LogP contribution in [0, 0.1) is 18.3 Å². The summed E-state index contributed by atoms with van der Waals surface area (Å²) >= 11 is 0. The zero-order valence-corrected chi connectivity index (χ0v) is 17.1. The molecule has 30 heavy (non-hydrogen) atoms. The molecule has 1 atom stereocenters. The van der Waals surface area contributed by atoms with Crippen LogP contribution in [0.4, 0.5) is 0 Å². The number of aromatic amines is 1. The molecule has 0 aliphatic heterocycles. The van der Waals surface area contributed by atoms with Crippen molar-refractivity contribution in [1.82, 2.24) is 20.1 Å². The fourth-order valence-corrected chi connectivity index (χ4v) is 3.10. The summed E-state index contributed by atoms with van der Waals surface area (Å²) in [6.45, 7) is 4.32. The summed E-state index contributed by atoms with van der Waals surface area (Å²) in [5.74, 6) is 0.145. The summed E-state index contributed by atoms with van der Waals surface area (Å²) in [6.07, 6.45) is 3.76. The Bertz CT molecular complexity index is 1140. The highest BCUT2D eigenvalue weighted by molar-refractivity contribution is 5.94. The molecule has 0 unspecified atom stereocenters. The van der Waals surface area contributed by atoms with Crippen LogP contribution in [0.3, 0.4) is 0 Å². The number of nitrogens with one attached hydrogen (secondary N) is 2. The molecule has 0 aliphatic carbocycles. The highest BCUT2D eigenvalue weighted by Gasteiger charge is 2.14. The number of amides is 1. The van der Waals surface area contributed by atoms with Gasteiger partial charge in [0.05, 0.1) is 22.8 Å². The number of aromatic nitrogens is 3. The molecule has 0 saturated heterocycles. The number of hydrogen-bond donors (Lipinski definition) is 2. The van der Waals surface area contributed by atoms with Crippen LogP contribution < -0.4 is 10.9 Å². The molecule has 2 heterocycles. The summed E-state index contributed by atoms with van der Waals surface area (Å²) < 4.78 is 6.33. The number of carbonyl (C=O) groups excluding carboxylic acids is 1. The number of nitrogens with zero attached hydrogens (tertiary/aromatic N) is 3. The van der Waals surface area contributed by atoms with Crippen LogP contribution in [0.5, 0.6) is 0 Å². The molecular formula is C22H23N5O3. The molecule has 0 fully saturated rings. The molecular weight excluding hydrogens is 382 g/mol. The van der Waals surface area contributed by atoms with E-state index in [0.717, 1.165) is 11.1 Å². The maximum Gasteiger partial charge on any atom is 0.280 e. The Labute approximate surface area is 174 Å². The quantitative estimate of drug-likeness (QED) is 0.627. The van der Waals surface area contributed by atoms with E-state index in [-0.39, 0.29) is 17.5 Å². The van der Waals surface area contributed by atoms with Gasteiger partial charge >= 0.3 is 0 Å². The Balaban J connectivity index is 1.80. The van der Waals surface area contributed by atoms with E-state index in [1.165, 1.54) is 10.9 Å². The molecule has 8 heteroatoms. The van der Waals surface area contributed by atoms with E-state index >= 15 is 0 Å². The number of nitriles is 1. The molecule has 8 nitrogen and oxygen atoms in total. The monoisotopic (exact) mass is 405 g/mol. The average molecular weight is 405 g/mol. The Morgan fingerprint density at radius 2 is 2.13 bits per heavy atom. The minimum Gasteiger partial charge on any atom is -0.385 e. The van der Waals surface area contributed by atoms with E-state index in [1.807, 2.05) is 13.8 Å². The van der Waals surface area contributed by atoms with Gasteiger partial charge in [-0.25, -0.2) is 9.67 Å². The zero-order valence-electron chi connectivity index (χ0n) is 17.1. The van der Waals surface area contributed by atoms with Crippen molar-refractivity contribution in [1.29, 1.82) is 5.26 Å². The van der Waals surface area contributed by atoms with Crippen molar-refractivity contribution in [3.63, 3.8) is 0 Å². The predicted molar refractivity (Wildman–Crippen MR) is 112 cm³/mol. The lowest BCUT2D eigenvalue weighted by Crippen LogP contribution is -2.33. The summed E-state index contributed by atoms with van der Waals surface area (Å²) in [5, 5.41) is 14.8. The fraction of sp³-hybridized carbons (Fsp3) is 0.273. The lowest BCUT2D eigenvalue weighted by molar-refractivity contribution is 0.0929. The SMILES string of the molecule is COCC[C@H](C)NC(=O)c1ccc(-n2[nH]cc(-c3ccc(C#N)cc3C)c2=O)nc1. The molecule has 0 spiro atoms. The number of aryl methyl sites for hydroxylation is 1. The number of rotatable bonds is 7. The number of pyridine rings is 1. The van der Waals surface area contributed by atoms with Crippen LogP contribution in [0.2, 0.25) is 0 Å². The Hall–Kier alpha value is -3.70. The number of carbonyl (C=O) groups is 1. The zero-order chi connectivity index (χ0) is 21.7. The lowest BCUT2D eigenvalue weighted by atomic mass is 10.0. The van der Waals surface area contributed by atoms with Gasteiger partial charge in [-0.05, 0) is 55.7 Å². The first kappa shape index (κ1) is 21.0. The molecule has 1 amide bonds. The Kier molecular flexibility index (Phi) is 6.45. The number of ether oxygens (including phenoxy) is 1. The lowest BCUT2D eigenvalue weighted by Gasteiger charge is -2.13. The first-order chi connectivity index (χ1) is 14.4. The van der Waals surface area contributed by atoms with Gasteiger partial charge in [0.15, 0.2) is 5.82 Å². The van der Waals surface area contributed by atoms with Crippen molar-refractivity contribution in [3.05, 3.63) is 69.8 Å². The van der Waals surface area contributed by atoms with E-state index in [0.29, 0.717) is 35.5 Å². The van der Waals surface area contributed by atoms with Gasteiger partial charge in [-0.2, -0.15) is 5.26 Å². The molecule has 0 aliphatic rings. The van der Waals surface area contributed by atoms with Gasteiger partial charge in [0, 0.05) is 32.2 Å². The van der Waals surface area contributed by atoms with Crippen molar-refractivity contribution < 1.29 is 9.53 Å². The molecule has 2 aromatic heterocycles. The summed E-state index contributed by atoms with van der Waals surface area (Å²) in [4.78, 5) is 29.5. The first-order valence-electron chi connectivity index (χ1n) is 9.52. The third-order valence-corrected chi connectivity index (χ3v) is 4.79. The highest BCUT2D eigenvalue weighted by atomic mass is 16.5. The van der Waals surface area contributed by atoms with Gasteiger partial charge in [-0.3, -0.25) is 14.7 Å². The summed E-state index contributed by atoms with van der Waals surface area (Å²) in [7, 11) is 1.62. The van der Waals surface area contributed by atoms with Crippen LogP contribution in [0.25, 0.3) is 16.9 Å². The topological polar surface area (TPSA) is 113 Å². The van der Waals surface area contributed by atoms with Crippen LogP contribution in [0.1, 0.15) is 34.8 Å². The second kappa shape index (κ2) is 9.20. The number of benzene rings is 1. The molecule has 3 rings (SSSR count). The summed E-state index contributed by atoms with van der Waals surface area (Å²) in [5.41, 5.74) is 2.74. The second-order valence-corrected chi connectivity index (χ2v) is 7.03.